The predicted molar refractivity (Wildman–Crippen MR) is 127 cm³/mol. The van der Waals surface area contributed by atoms with Gasteiger partial charge in [-0.15, -0.1) is 12.4 Å². The van der Waals surface area contributed by atoms with Gasteiger partial charge in [-0.3, -0.25) is 4.79 Å². The van der Waals surface area contributed by atoms with Gasteiger partial charge in [0.05, 0.1) is 18.0 Å². The highest BCUT2D eigenvalue weighted by Crippen LogP contribution is 2.30. The lowest BCUT2D eigenvalue weighted by molar-refractivity contribution is 0.102. The van der Waals surface area contributed by atoms with Crippen molar-refractivity contribution in [3.63, 3.8) is 0 Å². The Balaban J connectivity index is 0.00000324. The van der Waals surface area contributed by atoms with E-state index in [1.54, 1.807) is 29.8 Å². The molecule has 1 saturated heterocycles. The zero-order valence-corrected chi connectivity index (χ0v) is 19.9. The van der Waals surface area contributed by atoms with Gasteiger partial charge in [0.15, 0.2) is 0 Å². The van der Waals surface area contributed by atoms with Crippen LogP contribution in [0.2, 0.25) is 0 Å². The molecule has 1 fully saturated rings. The Morgan fingerprint density at radius 2 is 2.06 bits per heavy atom. The second kappa shape index (κ2) is 10.5. The lowest BCUT2D eigenvalue weighted by Gasteiger charge is -2.34. The van der Waals surface area contributed by atoms with Crippen LogP contribution in [0, 0.1) is 5.82 Å². The Morgan fingerprint density at radius 3 is 2.74 bits per heavy atom. The van der Waals surface area contributed by atoms with Crippen LogP contribution < -0.4 is 24.8 Å². The molecule has 1 aromatic carbocycles. The van der Waals surface area contributed by atoms with E-state index in [9.17, 15) is 17.6 Å². The average molecular weight is 514 g/mol. The van der Waals surface area contributed by atoms with E-state index < -0.39 is 21.9 Å². The van der Waals surface area contributed by atoms with E-state index in [0.29, 0.717) is 43.9 Å². The standard InChI is InChI=1S/C20H24FN7O4S.ClH/c1-2-32-20-18-23-7-10-28(18)12-16(25-20)19(29)24-15-11-13(21)3-4-17(15)27-8-5-14(6-9-27)26-33(22,30)31;/h3-4,7,10-12,14,26H,2,5-6,8-9H2,1H3,(H,24,29)(H2,22,30,31);1H. The van der Waals surface area contributed by atoms with Gasteiger partial charge in [0.2, 0.25) is 5.65 Å². The fourth-order valence-electron chi connectivity index (χ4n) is 3.79. The molecule has 1 aliphatic rings. The fraction of sp³-hybridized carbons (Fsp3) is 0.350. The maximum Gasteiger partial charge on any atom is 0.276 e. The molecule has 11 nitrogen and oxygen atoms in total. The number of hydrogen-bond donors (Lipinski definition) is 3. The smallest absolute Gasteiger partial charge is 0.276 e. The number of nitrogens with zero attached hydrogens (tertiary/aromatic N) is 4. The molecule has 0 radical (unpaired) electrons. The number of piperidine rings is 1. The molecule has 0 atom stereocenters. The molecule has 14 heteroatoms. The summed E-state index contributed by atoms with van der Waals surface area (Å²) in [6, 6.07) is 3.85. The fourth-order valence-corrected chi connectivity index (χ4v) is 4.49. The molecule has 3 aromatic rings. The van der Waals surface area contributed by atoms with Crippen molar-refractivity contribution in [1.82, 2.24) is 19.1 Å². The molecule has 184 valence electrons. The minimum absolute atomic E-state index is 0. The van der Waals surface area contributed by atoms with Gasteiger partial charge in [0.25, 0.3) is 22.0 Å². The number of nitrogens with two attached hydrogens (primary N) is 1. The van der Waals surface area contributed by atoms with Crippen LogP contribution in [0.15, 0.2) is 36.8 Å². The van der Waals surface area contributed by atoms with E-state index >= 15 is 0 Å². The van der Waals surface area contributed by atoms with E-state index in [1.165, 1.54) is 18.3 Å². The summed E-state index contributed by atoms with van der Waals surface area (Å²) in [5.41, 5.74) is 1.46. The number of aromatic nitrogens is 3. The Morgan fingerprint density at radius 1 is 1.32 bits per heavy atom. The highest BCUT2D eigenvalue weighted by molar-refractivity contribution is 7.87. The molecule has 0 aliphatic carbocycles. The molecule has 1 amide bonds. The molecule has 4 N–H and O–H groups in total. The summed E-state index contributed by atoms with van der Waals surface area (Å²) in [6.45, 7) is 3.14. The SMILES string of the molecule is CCOc1nc(C(=O)Nc2cc(F)ccc2N2CCC(NS(N)(=O)=O)CC2)cn2ccnc12.Cl. The van der Waals surface area contributed by atoms with Crippen LogP contribution in [-0.2, 0) is 10.2 Å². The van der Waals surface area contributed by atoms with Crippen molar-refractivity contribution in [2.45, 2.75) is 25.8 Å². The van der Waals surface area contributed by atoms with Gasteiger partial charge < -0.3 is 19.4 Å². The minimum Gasteiger partial charge on any atom is -0.475 e. The largest absolute Gasteiger partial charge is 0.475 e. The van der Waals surface area contributed by atoms with Crippen molar-refractivity contribution in [3.05, 3.63) is 48.3 Å². The molecule has 1 aliphatic heterocycles. The molecule has 3 heterocycles. The molecule has 0 saturated carbocycles. The van der Waals surface area contributed by atoms with E-state index in [0.717, 1.165) is 0 Å². The highest BCUT2D eigenvalue weighted by Gasteiger charge is 2.24. The third-order valence-electron chi connectivity index (χ3n) is 5.23. The van der Waals surface area contributed by atoms with Gasteiger partial charge in [0.1, 0.15) is 11.5 Å². The quantitative estimate of drug-likeness (QED) is 0.436. The van der Waals surface area contributed by atoms with Gasteiger partial charge in [0, 0.05) is 37.7 Å². The monoisotopic (exact) mass is 513 g/mol. The third kappa shape index (κ3) is 5.91. The molecule has 34 heavy (non-hydrogen) atoms. The average Bonchev–Trinajstić information content (AvgIpc) is 3.23. The van der Waals surface area contributed by atoms with E-state index in [4.69, 9.17) is 9.88 Å². The Hall–Kier alpha value is -3.00. The summed E-state index contributed by atoms with van der Waals surface area (Å²) in [5, 5.41) is 7.79. The molecule has 4 rings (SSSR count). The number of ether oxygens (including phenoxy) is 1. The number of halogens is 2. The number of hydrogen-bond acceptors (Lipinski definition) is 7. The van der Waals surface area contributed by atoms with Crippen molar-refractivity contribution < 1.29 is 22.3 Å². The van der Waals surface area contributed by atoms with Gasteiger partial charge in [-0.2, -0.15) is 13.1 Å². The number of carbonyl (C=O) groups excluding carboxylic acids is 1. The molecular formula is C20H25ClFN7O4S. The summed E-state index contributed by atoms with van der Waals surface area (Å²) >= 11 is 0. The topological polar surface area (TPSA) is 144 Å². The number of amides is 1. The maximum absolute atomic E-state index is 14.0. The van der Waals surface area contributed by atoms with Gasteiger partial charge >= 0.3 is 0 Å². The van der Waals surface area contributed by atoms with Gasteiger partial charge in [-0.1, -0.05) is 0 Å². The minimum atomic E-state index is -3.78. The first kappa shape index (κ1) is 25.6. The number of fused-ring (bicyclic) bond motifs is 1. The summed E-state index contributed by atoms with van der Waals surface area (Å²) in [7, 11) is -3.78. The number of imidazole rings is 1. The lowest BCUT2D eigenvalue weighted by atomic mass is 10.0. The molecule has 2 aromatic heterocycles. The molecule has 0 spiro atoms. The van der Waals surface area contributed by atoms with Crippen LogP contribution in [0.25, 0.3) is 5.65 Å². The summed E-state index contributed by atoms with van der Waals surface area (Å²) in [4.78, 5) is 23.4. The predicted octanol–water partition coefficient (Wildman–Crippen LogP) is 1.70. The van der Waals surface area contributed by atoms with Crippen molar-refractivity contribution >= 4 is 45.5 Å². The molecule has 0 unspecified atom stereocenters. The maximum atomic E-state index is 14.0. The third-order valence-corrected chi connectivity index (χ3v) is 5.89. The van der Waals surface area contributed by atoms with Crippen LogP contribution in [0.5, 0.6) is 5.88 Å². The summed E-state index contributed by atoms with van der Waals surface area (Å²) < 4.78 is 46.1. The highest BCUT2D eigenvalue weighted by atomic mass is 35.5. The van der Waals surface area contributed by atoms with Crippen molar-refractivity contribution in [2.75, 3.05) is 29.9 Å². The lowest BCUT2D eigenvalue weighted by Crippen LogP contribution is -2.46. The zero-order valence-electron chi connectivity index (χ0n) is 18.3. The second-order valence-corrected chi connectivity index (χ2v) is 8.89. The first-order chi connectivity index (χ1) is 15.7. The van der Waals surface area contributed by atoms with Crippen molar-refractivity contribution in [3.8, 4) is 5.88 Å². The van der Waals surface area contributed by atoms with Crippen LogP contribution in [0.3, 0.4) is 0 Å². The number of nitrogens with one attached hydrogen (secondary N) is 2. The first-order valence-corrected chi connectivity index (χ1v) is 11.9. The Bertz CT molecular complexity index is 1280. The van der Waals surface area contributed by atoms with Crippen LogP contribution in [-0.4, -0.2) is 54.4 Å². The van der Waals surface area contributed by atoms with Crippen LogP contribution >= 0.6 is 12.4 Å². The number of carbonyl (C=O) groups is 1. The van der Waals surface area contributed by atoms with Crippen LogP contribution in [0.4, 0.5) is 15.8 Å². The number of anilines is 2. The number of benzene rings is 1. The van der Waals surface area contributed by atoms with Crippen molar-refractivity contribution in [1.29, 1.82) is 0 Å². The zero-order chi connectivity index (χ0) is 23.6. The number of rotatable bonds is 7. The van der Waals surface area contributed by atoms with Gasteiger partial charge in [-0.05, 0) is 38.0 Å². The summed E-state index contributed by atoms with van der Waals surface area (Å²) in [6.07, 6.45) is 5.78. The van der Waals surface area contributed by atoms with E-state index in [1.807, 2.05) is 4.90 Å². The summed E-state index contributed by atoms with van der Waals surface area (Å²) in [5.74, 6) is -0.823. The van der Waals surface area contributed by atoms with Gasteiger partial charge in [-0.25, -0.2) is 19.5 Å². The second-order valence-electron chi connectivity index (χ2n) is 7.56. The Labute approximate surface area is 202 Å². The molecular weight excluding hydrogens is 489 g/mol. The van der Waals surface area contributed by atoms with E-state index in [2.05, 4.69) is 20.0 Å². The van der Waals surface area contributed by atoms with Crippen LogP contribution in [0.1, 0.15) is 30.3 Å². The molecule has 0 bridgehead atoms. The normalized spacial score (nSPS) is 14.6. The first-order valence-electron chi connectivity index (χ1n) is 10.4. The van der Waals surface area contributed by atoms with Crippen molar-refractivity contribution in [2.24, 2.45) is 5.14 Å². The Kier molecular flexibility index (Phi) is 7.92. The van der Waals surface area contributed by atoms with E-state index in [-0.39, 0.29) is 35.7 Å².